The van der Waals surface area contributed by atoms with E-state index in [1.807, 2.05) is 18.2 Å². The second kappa shape index (κ2) is 9.69. The highest BCUT2D eigenvalue weighted by molar-refractivity contribution is 5.96. The number of rotatable bonds is 5. The van der Waals surface area contributed by atoms with Crippen LogP contribution in [0.1, 0.15) is 41.7 Å². The SMILES string of the molecule is CN/C(=N\C#N)N[C@H]1CC[C@](CNC(=O)c2nccnc2N)(c2ccccc2)CC1. The normalized spacial score (nSPS) is 21.3. The Morgan fingerprint density at radius 1 is 1.27 bits per heavy atom. The second-order valence-electron chi connectivity index (χ2n) is 7.35. The summed E-state index contributed by atoms with van der Waals surface area (Å²) in [6, 6.07) is 10.4. The van der Waals surface area contributed by atoms with E-state index in [0.29, 0.717) is 12.5 Å². The van der Waals surface area contributed by atoms with Crippen LogP contribution in [-0.4, -0.2) is 41.5 Å². The number of amides is 1. The van der Waals surface area contributed by atoms with Gasteiger partial charge in [0.25, 0.3) is 5.91 Å². The maximum Gasteiger partial charge on any atom is 0.273 e. The lowest BCUT2D eigenvalue weighted by Crippen LogP contribution is -2.49. The summed E-state index contributed by atoms with van der Waals surface area (Å²) in [5.74, 6) is 0.268. The molecule has 1 aromatic heterocycles. The largest absolute Gasteiger partial charge is 0.382 e. The van der Waals surface area contributed by atoms with E-state index in [0.717, 1.165) is 25.7 Å². The highest BCUT2D eigenvalue weighted by Crippen LogP contribution is 2.39. The van der Waals surface area contributed by atoms with Gasteiger partial charge in [-0.15, -0.1) is 4.99 Å². The van der Waals surface area contributed by atoms with Crippen LogP contribution in [-0.2, 0) is 5.41 Å². The van der Waals surface area contributed by atoms with Crippen molar-refractivity contribution in [2.75, 3.05) is 19.3 Å². The number of aromatic nitrogens is 2. The van der Waals surface area contributed by atoms with Gasteiger partial charge in [-0.3, -0.25) is 4.79 Å². The van der Waals surface area contributed by atoms with Gasteiger partial charge in [-0.25, -0.2) is 9.97 Å². The van der Waals surface area contributed by atoms with Crippen molar-refractivity contribution < 1.29 is 4.79 Å². The van der Waals surface area contributed by atoms with Gasteiger partial charge in [-0.05, 0) is 31.2 Å². The Labute approximate surface area is 175 Å². The lowest BCUT2D eigenvalue weighted by molar-refractivity contribution is 0.0930. The number of nitrogens with two attached hydrogens (primary N) is 1. The van der Waals surface area contributed by atoms with Gasteiger partial charge in [0.15, 0.2) is 11.5 Å². The van der Waals surface area contributed by atoms with Crippen molar-refractivity contribution >= 4 is 17.7 Å². The summed E-state index contributed by atoms with van der Waals surface area (Å²) in [5.41, 5.74) is 6.93. The summed E-state index contributed by atoms with van der Waals surface area (Å²) in [6.45, 7) is 0.476. The van der Waals surface area contributed by atoms with Gasteiger partial charge in [0, 0.05) is 37.4 Å². The number of nitrogen functional groups attached to an aromatic ring is 1. The number of guanidine groups is 1. The molecule has 30 heavy (non-hydrogen) atoms. The van der Waals surface area contributed by atoms with Crippen LogP contribution in [0, 0.1) is 11.5 Å². The second-order valence-corrected chi connectivity index (χ2v) is 7.35. The lowest BCUT2D eigenvalue weighted by Gasteiger charge is -2.41. The smallest absolute Gasteiger partial charge is 0.273 e. The number of benzene rings is 1. The van der Waals surface area contributed by atoms with E-state index in [4.69, 9.17) is 11.0 Å². The molecule has 0 unspecified atom stereocenters. The average molecular weight is 406 g/mol. The molecule has 0 radical (unpaired) electrons. The van der Waals surface area contributed by atoms with Crippen LogP contribution in [0.15, 0.2) is 47.7 Å². The molecule has 0 aliphatic heterocycles. The van der Waals surface area contributed by atoms with Crippen LogP contribution in [0.4, 0.5) is 5.82 Å². The van der Waals surface area contributed by atoms with Gasteiger partial charge in [0.2, 0.25) is 12.2 Å². The molecular weight excluding hydrogens is 380 g/mol. The molecule has 1 aromatic carbocycles. The molecule has 1 heterocycles. The number of carbonyl (C=O) groups excluding carboxylic acids is 1. The van der Waals surface area contributed by atoms with E-state index in [2.05, 4.69) is 43.0 Å². The van der Waals surface area contributed by atoms with E-state index in [9.17, 15) is 4.79 Å². The molecule has 3 rings (SSSR count). The van der Waals surface area contributed by atoms with Gasteiger partial charge < -0.3 is 21.7 Å². The van der Waals surface area contributed by atoms with Crippen molar-refractivity contribution in [1.29, 1.82) is 5.26 Å². The zero-order valence-corrected chi connectivity index (χ0v) is 16.9. The number of nitrogens with one attached hydrogen (secondary N) is 3. The quantitative estimate of drug-likeness (QED) is 0.333. The molecule has 0 atom stereocenters. The van der Waals surface area contributed by atoms with Gasteiger partial charge >= 0.3 is 0 Å². The summed E-state index contributed by atoms with van der Waals surface area (Å²) in [4.78, 5) is 24.4. The van der Waals surface area contributed by atoms with Crippen LogP contribution in [0.5, 0.6) is 0 Å². The molecule has 156 valence electrons. The fourth-order valence-electron chi connectivity index (χ4n) is 3.93. The molecule has 1 amide bonds. The topological polar surface area (TPSA) is 141 Å². The molecule has 2 aromatic rings. The maximum atomic E-state index is 12.6. The molecule has 1 aliphatic rings. The predicted molar refractivity (Wildman–Crippen MR) is 114 cm³/mol. The van der Waals surface area contributed by atoms with Crippen molar-refractivity contribution in [1.82, 2.24) is 25.9 Å². The Hall–Kier alpha value is -3.67. The summed E-state index contributed by atoms with van der Waals surface area (Å²) in [7, 11) is 1.73. The summed E-state index contributed by atoms with van der Waals surface area (Å²) < 4.78 is 0. The van der Waals surface area contributed by atoms with Crippen molar-refractivity contribution in [3.8, 4) is 6.19 Å². The number of hydrogen-bond donors (Lipinski definition) is 4. The molecule has 5 N–H and O–H groups in total. The molecule has 1 fully saturated rings. The number of nitrogens with zero attached hydrogens (tertiary/aromatic N) is 4. The molecular formula is C21H26N8O. The van der Waals surface area contributed by atoms with E-state index in [-0.39, 0.29) is 28.9 Å². The molecule has 1 saturated carbocycles. The van der Waals surface area contributed by atoms with Gasteiger partial charge in [0.05, 0.1) is 0 Å². The Morgan fingerprint density at radius 3 is 2.60 bits per heavy atom. The Bertz CT molecular complexity index is 930. The van der Waals surface area contributed by atoms with E-state index in [1.165, 1.54) is 18.0 Å². The Morgan fingerprint density at radius 2 is 1.97 bits per heavy atom. The number of aliphatic imine (C=N–C) groups is 1. The first-order valence-electron chi connectivity index (χ1n) is 9.89. The fraction of sp³-hybridized carbons (Fsp3) is 0.381. The predicted octanol–water partition coefficient (Wildman–Crippen LogP) is 1.32. The molecule has 9 heteroatoms. The zero-order chi connectivity index (χ0) is 21.4. The number of anilines is 1. The van der Waals surface area contributed by atoms with Crippen molar-refractivity contribution in [3.05, 3.63) is 54.0 Å². The maximum absolute atomic E-state index is 12.6. The summed E-state index contributed by atoms with van der Waals surface area (Å²) >= 11 is 0. The molecule has 0 saturated heterocycles. The first-order chi connectivity index (χ1) is 14.6. The minimum Gasteiger partial charge on any atom is -0.382 e. The number of nitriles is 1. The number of carbonyl (C=O) groups is 1. The summed E-state index contributed by atoms with van der Waals surface area (Å²) in [6.07, 6.45) is 8.21. The third-order valence-electron chi connectivity index (χ3n) is 5.60. The zero-order valence-electron chi connectivity index (χ0n) is 16.9. The molecule has 0 spiro atoms. The van der Waals surface area contributed by atoms with Crippen LogP contribution in [0.2, 0.25) is 0 Å². The van der Waals surface area contributed by atoms with Gasteiger partial charge in [-0.2, -0.15) is 5.26 Å². The van der Waals surface area contributed by atoms with Crippen LogP contribution in [0.25, 0.3) is 0 Å². The number of hydrogen-bond acceptors (Lipinski definition) is 6. The van der Waals surface area contributed by atoms with Gasteiger partial charge in [0.1, 0.15) is 0 Å². The van der Waals surface area contributed by atoms with E-state index >= 15 is 0 Å². The lowest BCUT2D eigenvalue weighted by atomic mass is 9.68. The highest BCUT2D eigenvalue weighted by Gasteiger charge is 2.37. The molecule has 9 nitrogen and oxygen atoms in total. The van der Waals surface area contributed by atoms with E-state index in [1.54, 1.807) is 13.2 Å². The standard InChI is InChI=1S/C21H26N8O/c1-24-20(28-14-22)29-16-7-9-21(10-8-16,15-5-3-2-4-6-15)13-27-19(30)17-18(23)26-12-11-25-17/h2-6,11-12,16H,7-10,13H2,1H3,(H2,23,26)(H,27,30)(H2,24,28,29)/t16-,21-. The van der Waals surface area contributed by atoms with Crippen molar-refractivity contribution in [2.24, 2.45) is 4.99 Å². The van der Waals surface area contributed by atoms with E-state index < -0.39 is 0 Å². The van der Waals surface area contributed by atoms with Crippen LogP contribution >= 0.6 is 0 Å². The first kappa shape index (κ1) is 21.0. The Balaban J connectivity index is 1.73. The van der Waals surface area contributed by atoms with Crippen molar-refractivity contribution in [3.63, 3.8) is 0 Å². The van der Waals surface area contributed by atoms with Crippen LogP contribution in [0.3, 0.4) is 0 Å². The van der Waals surface area contributed by atoms with Crippen LogP contribution < -0.4 is 21.7 Å². The Kier molecular flexibility index (Phi) is 6.80. The minimum absolute atomic E-state index is 0.119. The monoisotopic (exact) mass is 406 g/mol. The minimum atomic E-state index is -0.324. The summed E-state index contributed by atoms with van der Waals surface area (Å²) in [5, 5.41) is 18.0. The first-order valence-corrected chi connectivity index (χ1v) is 9.89. The fourth-order valence-corrected chi connectivity index (χ4v) is 3.93. The average Bonchev–Trinajstić information content (AvgIpc) is 2.79. The highest BCUT2D eigenvalue weighted by atomic mass is 16.1. The van der Waals surface area contributed by atoms with Crippen molar-refractivity contribution in [2.45, 2.75) is 37.1 Å². The molecule has 1 aliphatic carbocycles. The molecule has 0 bridgehead atoms. The third-order valence-corrected chi connectivity index (χ3v) is 5.60. The third kappa shape index (κ3) is 4.84. The van der Waals surface area contributed by atoms with Gasteiger partial charge in [-0.1, -0.05) is 30.3 Å².